The molecule has 33 heavy (non-hydrogen) atoms. The number of ketones is 1. The van der Waals surface area contributed by atoms with Gasteiger partial charge in [-0.3, -0.25) is 19.5 Å². The Bertz CT molecular complexity index is 1250. The van der Waals surface area contributed by atoms with Crippen LogP contribution in [0.3, 0.4) is 0 Å². The van der Waals surface area contributed by atoms with Gasteiger partial charge in [0.05, 0.1) is 17.7 Å². The number of amides is 1. The summed E-state index contributed by atoms with van der Waals surface area (Å²) in [6.07, 6.45) is 3.12. The van der Waals surface area contributed by atoms with Crippen molar-refractivity contribution in [3.8, 4) is 5.75 Å². The largest absolute Gasteiger partial charge is 0.507 e. The van der Waals surface area contributed by atoms with Crippen molar-refractivity contribution in [1.29, 1.82) is 0 Å². The lowest BCUT2D eigenvalue weighted by Crippen LogP contribution is -2.29. The van der Waals surface area contributed by atoms with E-state index in [0.29, 0.717) is 27.6 Å². The molecule has 1 aromatic heterocycles. The standard InChI is InChI=1S/C26H23ClN2O4/c1-15(2)33-20-8-4-6-17(12-20)24(30)22-23(18-7-5-11-28-14-18)29(26(32)25(22)31)19-10-9-16(3)21(27)13-19/h4-15,23,30H,1-3H3/b24-22+. The van der Waals surface area contributed by atoms with Crippen LogP contribution in [0.15, 0.2) is 72.6 Å². The molecule has 0 aliphatic carbocycles. The Morgan fingerprint density at radius 2 is 1.91 bits per heavy atom. The highest BCUT2D eigenvalue weighted by molar-refractivity contribution is 6.51. The van der Waals surface area contributed by atoms with Gasteiger partial charge in [0.25, 0.3) is 11.7 Å². The summed E-state index contributed by atoms with van der Waals surface area (Å²) in [4.78, 5) is 31.9. The van der Waals surface area contributed by atoms with Gasteiger partial charge in [-0.2, -0.15) is 0 Å². The Kier molecular flexibility index (Phi) is 6.20. The molecule has 4 rings (SSSR count). The number of anilines is 1. The van der Waals surface area contributed by atoms with Crippen LogP contribution in [0.4, 0.5) is 5.69 Å². The molecule has 0 radical (unpaired) electrons. The molecule has 1 N–H and O–H groups in total. The quantitative estimate of drug-likeness (QED) is 0.309. The number of benzene rings is 2. The van der Waals surface area contributed by atoms with E-state index in [4.69, 9.17) is 16.3 Å². The Labute approximate surface area is 197 Å². The topological polar surface area (TPSA) is 79.7 Å². The first-order valence-electron chi connectivity index (χ1n) is 10.5. The predicted molar refractivity (Wildman–Crippen MR) is 127 cm³/mol. The van der Waals surface area contributed by atoms with Gasteiger partial charge in [0.1, 0.15) is 11.5 Å². The summed E-state index contributed by atoms with van der Waals surface area (Å²) >= 11 is 6.31. The molecule has 3 aromatic rings. The Morgan fingerprint density at radius 1 is 1.12 bits per heavy atom. The van der Waals surface area contributed by atoms with Crippen LogP contribution < -0.4 is 9.64 Å². The fourth-order valence-electron chi connectivity index (χ4n) is 3.83. The second-order valence-corrected chi connectivity index (χ2v) is 8.49. The third-order valence-corrected chi connectivity index (χ3v) is 5.76. The van der Waals surface area contributed by atoms with E-state index in [1.54, 1.807) is 67.0 Å². The van der Waals surface area contributed by atoms with Gasteiger partial charge in [-0.05, 0) is 62.2 Å². The first-order valence-corrected chi connectivity index (χ1v) is 10.9. The van der Waals surface area contributed by atoms with Gasteiger partial charge in [-0.15, -0.1) is 0 Å². The number of hydrogen-bond acceptors (Lipinski definition) is 5. The average molecular weight is 463 g/mol. The predicted octanol–water partition coefficient (Wildman–Crippen LogP) is 5.46. The van der Waals surface area contributed by atoms with Gasteiger partial charge in [0, 0.05) is 28.7 Å². The number of Topliss-reactive ketones (excluding diaryl/α,β-unsaturated/α-hetero) is 1. The highest BCUT2D eigenvalue weighted by atomic mass is 35.5. The van der Waals surface area contributed by atoms with Crippen LogP contribution in [-0.2, 0) is 9.59 Å². The van der Waals surface area contributed by atoms with Gasteiger partial charge in [-0.25, -0.2) is 0 Å². The lowest BCUT2D eigenvalue weighted by atomic mass is 9.96. The second kappa shape index (κ2) is 9.08. The van der Waals surface area contributed by atoms with Crippen molar-refractivity contribution in [2.24, 2.45) is 0 Å². The normalized spacial score (nSPS) is 17.6. The van der Waals surface area contributed by atoms with Crippen LogP contribution in [0.25, 0.3) is 5.76 Å². The zero-order valence-electron chi connectivity index (χ0n) is 18.4. The zero-order chi connectivity index (χ0) is 23.7. The maximum Gasteiger partial charge on any atom is 0.300 e. The van der Waals surface area contributed by atoms with E-state index in [0.717, 1.165) is 5.56 Å². The number of ether oxygens (including phenoxy) is 1. The van der Waals surface area contributed by atoms with Crippen LogP contribution in [0.1, 0.15) is 36.6 Å². The zero-order valence-corrected chi connectivity index (χ0v) is 19.2. The highest BCUT2D eigenvalue weighted by Crippen LogP contribution is 2.42. The van der Waals surface area contributed by atoms with E-state index in [-0.39, 0.29) is 17.4 Å². The van der Waals surface area contributed by atoms with Crippen LogP contribution >= 0.6 is 11.6 Å². The molecule has 0 bridgehead atoms. The Balaban J connectivity index is 1.90. The number of aryl methyl sites for hydroxylation is 1. The van der Waals surface area contributed by atoms with Crippen LogP contribution in [-0.4, -0.2) is 27.9 Å². The smallest absolute Gasteiger partial charge is 0.300 e. The van der Waals surface area contributed by atoms with Crippen molar-refractivity contribution in [3.05, 3.63) is 94.3 Å². The van der Waals surface area contributed by atoms with E-state index >= 15 is 0 Å². The number of aliphatic hydroxyl groups excluding tert-OH is 1. The molecule has 0 saturated carbocycles. The van der Waals surface area contributed by atoms with Gasteiger partial charge in [0.15, 0.2) is 0 Å². The molecule has 2 aromatic carbocycles. The van der Waals surface area contributed by atoms with E-state index in [1.165, 1.54) is 4.90 Å². The van der Waals surface area contributed by atoms with Crippen molar-refractivity contribution < 1.29 is 19.4 Å². The average Bonchev–Trinajstić information content (AvgIpc) is 3.06. The van der Waals surface area contributed by atoms with Crippen molar-refractivity contribution >= 4 is 34.7 Å². The first kappa shape index (κ1) is 22.6. The molecule has 1 unspecified atom stereocenters. The molecule has 1 aliphatic rings. The van der Waals surface area contributed by atoms with Gasteiger partial charge in [-0.1, -0.05) is 35.9 Å². The summed E-state index contributed by atoms with van der Waals surface area (Å²) in [6, 6.07) is 14.6. The number of pyridine rings is 1. The van der Waals surface area contributed by atoms with Gasteiger partial charge in [0.2, 0.25) is 0 Å². The molecule has 1 saturated heterocycles. The molecule has 1 aliphatic heterocycles. The number of aromatic nitrogens is 1. The van der Waals surface area contributed by atoms with Crippen LogP contribution in [0.2, 0.25) is 5.02 Å². The number of hydrogen-bond donors (Lipinski definition) is 1. The fourth-order valence-corrected chi connectivity index (χ4v) is 4.00. The molecule has 1 fully saturated rings. The van der Waals surface area contributed by atoms with Gasteiger partial charge >= 0.3 is 0 Å². The van der Waals surface area contributed by atoms with E-state index in [1.807, 2.05) is 20.8 Å². The van der Waals surface area contributed by atoms with Crippen molar-refractivity contribution in [1.82, 2.24) is 4.98 Å². The summed E-state index contributed by atoms with van der Waals surface area (Å²) in [7, 11) is 0. The number of aliphatic hydroxyl groups is 1. The maximum atomic E-state index is 13.2. The third kappa shape index (κ3) is 4.34. The molecule has 7 heteroatoms. The first-order chi connectivity index (χ1) is 15.8. The maximum absolute atomic E-state index is 13.2. The van der Waals surface area contributed by atoms with Crippen LogP contribution in [0.5, 0.6) is 5.75 Å². The number of carbonyl (C=O) groups excluding carboxylic acids is 2. The number of nitrogens with zero attached hydrogens (tertiary/aromatic N) is 2. The number of rotatable bonds is 5. The summed E-state index contributed by atoms with van der Waals surface area (Å²) in [5.41, 5.74) is 2.24. The second-order valence-electron chi connectivity index (χ2n) is 8.08. The molecule has 1 atom stereocenters. The summed E-state index contributed by atoms with van der Waals surface area (Å²) in [5.74, 6) is -1.27. The fraction of sp³-hybridized carbons (Fsp3) is 0.192. The molecule has 6 nitrogen and oxygen atoms in total. The van der Waals surface area contributed by atoms with E-state index in [9.17, 15) is 14.7 Å². The van der Waals surface area contributed by atoms with E-state index < -0.39 is 17.7 Å². The molecular weight excluding hydrogens is 440 g/mol. The summed E-state index contributed by atoms with van der Waals surface area (Å²) in [5, 5.41) is 11.7. The minimum absolute atomic E-state index is 0.0219. The molecule has 1 amide bonds. The lowest BCUT2D eigenvalue weighted by molar-refractivity contribution is -0.132. The van der Waals surface area contributed by atoms with Crippen molar-refractivity contribution in [2.45, 2.75) is 32.9 Å². The Morgan fingerprint density at radius 3 is 2.58 bits per heavy atom. The third-order valence-electron chi connectivity index (χ3n) is 5.36. The molecule has 2 heterocycles. The number of carbonyl (C=O) groups is 2. The minimum atomic E-state index is -0.868. The summed E-state index contributed by atoms with van der Waals surface area (Å²) in [6.45, 7) is 5.64. The number of halogens is 1. The summed E-state index contributed by atoms with van der Waals surface area (Å²) < 4.78 is 5.72. The monoisotopic (exact) mass is 462 g/mol. The molecular formula is C26H23ClN2O4. The minimum Gasteiger partial charge on any atom is -0.507 e. The molecule has 0 spiro atoms. The van der Waals surface area contributed by atoms with Crippen LogP contribution in [0, 0.1) is 6.92 Å². The molecule has 168 valence electrons. The van der Waals surface area contributed by atoms with Gasteiger partial charge < -0.3 is 9.84 Å². The SMILES string of the molecule is Cc1ccc(N2C(=O)C(=O)/C(=C(/O)c3cccc(OC(C)C)c3)C2c2cccnc2)cc1Cl. The highest BCUT2D eigenvalue weighted by Gasteiger charge is 2.47. The van der Waals surface area contributed by atoms with E-state index in [2.05, 4.69) is 4.98 Å². The van der Waals surface area contributed by atoms with Crippen molar-refractivity contribution in [3.63, 3.8) is 0 Å². The van der Waals surface area contributed by atoms with Crippen molar-refractivity contribution in [2.75, 3.05) is 4.90 Å². The lowest BCUT2D eigenvalue weighted by Gasteiger charge is -2.25. The Hall–Kier alpha value is -3.64.